The Morgan fingerprint density at radius 3 is 2.85 bits per heavy atom. The number of nitrogens with two attached hydrogens (primary N) is 1. The highest BCUT2D eigenvalue weighted by molar-refractivity contribution is 7.98. The first-order chi connectivity index (χ1) is 9.72. The van der Waals surface area contributed by atoms with Crippen LogP contribution < -0.4 is 10.6 Å². The third-order valence-electron chi connectivity index (χ3n) is 4.77. The van der Waals surface area contributed by atoms with Crippen LogP contribution in [0.25, 0.3) is 0 Å². The van der Waals surface area contributed by atoms with E-state index in [1.807, 2.05) is 12.3 Å². The van der Waals surface area contributed by atoms with Gasteiger partial charge in [0.15, 0.2) is 0 Å². The van der Waals surface area contributed by atoms with Gasteiger partial charge >= 0.3 is 0 Å². The molecule has 0 amide bonds. The first-order valence-corrected chi connectivity index (χ1v) is 8.53. The molecule has 1 aromatic rings. The lowest BCUT2D eigenvalue weighted by Gasteiger charge is -2.27. The molecule has 1 aliphatic carbocycles. The summed E-state index contributed by atoms with van der Waals surface area (Å²) in [4.78, 5) is 3.49. The fourth-order valence-corrected chi connectivity index (χ4v) is 4.30. The monoisotopic (exact) mass is 287 g/mol. The second kappa shape index (κ2) is 5.67. The zero-order valence-electron chi connectivity index (χ0n) is 11.9. The Hall–Kier alpha value is -1.18. The van der Waals surface area contributed by atoms with E-state index in [1.54, 1.807) is 11.8 Å². The van der Waals surface area contributed by atoms with Gasteiger partial charge in [0.25, 0.3) is 0 Å². The van der Waals surface area contributed by atoms with Crippen LogP contribution in [0.5, 0.6) is 0 Å². The van der Waals surface area contributed by atoms with E-state index < -0.39 is 0 Å². The fourth-order valence-electron chi connectivity index (χ4n) is 3.73. The Kier molecular flexibility index (Phi) is 3.91. The highest BCUT2D eigenvalue weighted by atomic mass is 32.2. The predicted octanol–water partition coefficient (Wildman–Crippen LogP) is 2.84. The van der Waals surface area contributed by atoms with E-state index >= 15 is 0 Å². The van der Waals surface area contributed by atoms with Gasteiger partial charge < -0.3 is 10.6 Å². The van der Waals surface area contributed by atoms with E-state index in [-0.39, 0.29) is 0 Å². The van der Waals surface area contributed by atoms with E-state index in [1.165, 1.54) is 6.42 Å². The summed E-state index contributed by atoms with van der Waals surface area (Å²) in [5.74, 6) is 1.47. The molecule has 1 saturated carbocycles. The summed E-state index contributed by atoms with van der Waals surface area (Å²) in [6.07, 6.45) is 5.57. The molecule has 2 fully saturated rings. The van der Waals surface area contributed by atoms with Crippen LogP contribution >= 0.6 is 11.8 Å². The molecule has 3 nitrogen and oxygen atoms in total. The molecule has 3 rings (SSSR count). The first kappa shape index (κ1) is 13.8. The highest BCUT2D eigenvalue weighted by Crippen LogP contribution is 2.39. The molecular weight excluding hydrogens is 266 g/mol. The van der Waals surface area contributed by atoms with Crippen molar-refractivity contribution in [2.75, 3.05) is 24.2 Å². The number of hydrogen-bond acceptors (Lipinski definition) is 4. The molecule has 1 unspecified atom stereocenters. The minimum Gasteiger partial charge on any atom is -0.370 e. The van der Waals surface area contributed by atoms with Crippen molar-refractivity contribution in [3.8, 4) is 6.07 Å². The van der Waals surface area contributed by atoms with Crippen molar-refractivity contribution < 1.29 is 0 Å². The molecule has 1 aromatic carbocycles. The average Bonchev–Trinajstić information content (AvgIpc) is 2.88. The number of hydrogen-bond donors (Lipinski definition) is 1. The van der Waals surface area contributed by atoms with Crippen molar-refractivity contribution in [2.24, 2.45) is 17.6 Å². The zero-order chi connectivity index (χ0) is 14.1. The van der Waals surface area contributed by atoms with E-state index in [0.717, 1.165) is 48.0 Å². The van der Waals surface area contributed by atoms with E-state index in [2.05, 4.69) is 23.1 Å². The number of nitrogens with zero attached hydrogens (tertiary/aromatic N) is 2. The van der Waals surface area contributed by atoms with E-state index in [0.29, 0.717) is 12.0 Å². The lowest BCUT2D eigenvalue weighted by molar-refractivity contribution is 0.271. The number of rotatable bonds is 2. The molecular formula is C16H21N3S. The van der Waals surface area contributed by atoms with Crippen LogP contribution in [-0.4, -0.2) is 25.4 Å². The van der Waals surface area contributed by atoms with Gasteiger partial charge in [-0.2, -0.15) is 5.26 Å². The van der Waals surface area contributed by atoms with Crippen molar-refractivity contribution in [1.29, 1.82) is 5.26 Å². The quantitative estimate of drug-likeness (QED) is 0.850. The van der Waals surface area contributed by atoms with E-state index in [4.69, 9.17) is 5.73 Å². The number of anilines is 1. The van der Waals surface area contributed by atoms with Crippen molar-refractivity contribution in [2.45, 2.75) is 30.2 Å². The lowest BCUT2D eigenvalue weighted by atomic mass is 9.79. The first-order valence-electron chi connectivity index (χ1n) is 7.30. The molecule has 1 saturated heterocycles. The smallest absolute Gasteiger partial charge is 0.103 e. The summed E-state index contributed by atoms with van der Waals surface area (Å²) < 4.78 is 0. The lowest BCUT2D eigenvalue weighted by Crippen LogP contribution is -2.32. The third-order valence-corrected chi connectivity index (χ3v) is 5.55. The minimum absolute atomic E-state index is 0.379. The van der Waals surface area contributed by atoms with Gasteiger partial charge in [0, 0.05) is 24.0 Å². The standard InChI is InChI=1S/C16H21N3S/c1-20-16-4-2-3-15(14(16)8-17)19-9-11-5-6-13(18)7-12(11)10-19/h2-4,11-13H,5-7,9-10,18H2,1H3/t11-,12+,13?/m1/s1. The SMILES string of the molecule is CSc1cccc(N2C[C@H]3CCC(N)C[C@H]3C2)c1C#N. The molecule has 1 aliphatic heterocycles. The normalized spacial score (nSPS) is 29.1. The minimum atomic E-state index is 0.379. The Labute approximate surface area is 125 Å². The van der Waals surface area contributed by atoms with Crippen LogP contribution in [0.4, 0.5) is 5.69 Å². The maximum atomic E-state index is 9.48. The van der Waals surface area contributed by atoms with Crippen molar-refractivity contribution in [3.05, 3.63) is 23.8 Å². The van der Waals surface area contributed by atoms with Crippen LogP contribution in [0.2, 0.25) is 0 Å². The van der Waals surface area contributed by atoms with Crippen molar-refractivity contribution >= 4 is 17.4 Å². The Balaban J connectivity index is 1.86. The maximum absolute atomic E-state index is 9.48. The average molecular weight is 287 g/mol. The zero-order valence-corrected chi connectivity index (χ0v) is 12.7. The molecule has 2 N–H and O–H groups in total. The van der Waals surface area contributed by atoms with Gasteiger partial charge in [-0.15, -0.1) is 11.8 Å². The van der Waals surface area contributed by atoms with Crippen molar-refractivity contribution in [3.63, 3.8) is 0 Å². The Morgan fingerprint density at radius 2 is 2.10 bits per heavy atom. The van der Waals surface area contributed by atoms with Gasteiger partial charge in [-0.05, 0) is 49.5 Å². The van der Waals surface area contributed by atoms with Gasteiger partial charge in [0.2, 0.25) is 0 Å². The molecule has 0 aromatic heterocycles. The van der Waals surface area contributed by atoms with Gasteiger partial charge in [-0.1, -0.05) is 6.07 Å². The van der Waals surface area contributed by atoms with E-state index in [9.17, 15) is 5.26 Å². The van der Waals surface area contributed by atoms with Crippen LogP contribution in [0.3, 0.4) is 0 Å². The van der Waals surface area contributed by atoms with Gasteiger partial charge in [0.05, 0.1) is 11.3 Å². The summed E-state index contributed by atoms with van der Waals surface area (Å²) in [6, 6.07) is 8.97. The fraction of sp³-hybridized carbons (Fsp3) is 0.562. The molecule has 0 bridgehead atoms. The number of fused-ring (bicyclic) bond motifs is 1. The number of benzene rings is 1. The highest BCUT2D eigenvalue weighted by Gasteiger charge is 2.37. The largest absolute Gasteiger partial charge is 0.370 e. The third kappa shape index (κ3) is 2.41. The second-order valence-corrected chi connectivity index (χ2v) is 6.81. The van der Waals surface area contributed by atoms with Crippen LogP contribution in [0.15, 0.2) is 23.1 Å². The molecule has 0 spiro atoms. The summed E-state index contributed by atoms with van der Waals surface area (Å²) in [5.41, 5.74) is 8.05. The van der Waals surface area contributed by atoms with Gasteiger partial charge in [-0.3, -0.25) is 0 Å². The summed E-state index contributed by atoms with van der Waals surface area (Å²) in [5, 5.41) is 9.48. The van der Waals surface area contributed by atoms with Crippen LogP contribution in [0.1, 0.15) is 24.8 Å². The summed E-state index contributed by atoms with van der Waals surface area (Å²) >= 11 is 1.65. The van der Waals surface area contributed by atoms with Gasteiger partial charge in [-0.25, -0.2) is 0 Å². The maximum Gasteiger partial charge on any atom is 0.103 e. The van der Waals surface area contributed by atoms with Gasteiger partial charge in [0.1, 0.15) is 6.07 Å². The Morgan fingerprint density at radius 1 is 1.30 bits per heavy atom. The topological polar surface area (TPSA) is 53.0 Å². The molecule has 106 valence electrons. The molecule has 3 atom stereocenters. The second-order valence-electron chi connectivity index (χ2n) is 5.96. The number of thioether (sulfide) groups is 1. The number of nitriles is 1. The summed E-state index contributed by atoms with van der Waals surface area (Å²) in [6.45, 7) is 2.15. The molecule has 4 heteroatoms. The molecule has 20 heavy (non-hydrogen) atoms. The molecule has 2 aliphatic rings. The van der Waals surface area contributed by atoms with Crippen molar-refractivity contribution in [1.82, 2.24) is 0 Å². The summed E-state index contributed by atoms with van der Waals surface area (Å²) in [7, 11) is 0. The predicted molar refractivity (Wildman–Crippen MR) is 84.0 cm³/mol. The van der Waals surface area contributed by atoms with Crippen LogP contribution in [-0.2, 0) is 0 Å². The van der Waals surface area contributed by atoms with Crippen LogP contribution in [0, 0.1) is 23.2 Å². The molecule has 1 heterocycles. The Bertz CT molecular complexity index is 537. The molecule has 0 radical (unpaired) electrons.